The first-order valence-electron chi connectivity index (χ1n) is 5.58. The molecule has 17 heavy (non-hydrogen) atoms. The average Bonchev–Trinajstić information content (AvgIpc) is 3.06. The molecule has 0 saturated heterocycles. The van der Waals surface area contributed by atoms with Crippen LogP contribution in [0.25, 0.3) is 0 Å². The van der Waals surface area contributed by atoms with Crippen LogP contribution in [0.15, 0.2) is 18.2 Å². The summed E-state index contributed by atoms with van der Waals surface area (Å²) in [6.45, 7) is 0.738. The Kier molecular flexibility index (Phi) is 3.86. The molecule has 92 valence electrons. The molecule has 1 aromatic carbocycles. The summed E-state index contributed by atoms with van der Waals surface area (Å²) in [4.78, 5) is 11.5. The number of benzene rings is 1. The normalized spacial score (nSPS) is 14.6. The number of nitrogens with one attached hydrogen (secondary N) is 1. The van der Waals surface area contributed by atoms with E-state index >= 15 is 0 Å². The molecule has 1 aliphatic carbocycles. The van der Waals surface area contributed by atoms with Crippen molar-refractivity contribution < 1.29 is 9.53 Å². The summed E-state index contributed by atoms with van der Waals surface area (Å²) in [5.74, 6) is 0.461. The number of carbonyl (C=O) groups is 1. The van der Waals surface area contributed by atoms with Crippen molar-refractivity contribution in [1.82, 2.24) is 0 Å². The maximum Gasteiger partial charge on any atom is 0.250 e. The number of hydrogen-bond donors (Lipinski definition) is 2. The van der Waals surface area contributed by atoms with Gasteiger partial charge in [0, 0.05) is 5.02 Å². The fourth-order valence-corrected chi connectivity index (χ4v) is 1.62. The highest BCUT2D eigenvalue weighted by molar-refractivity contribution is 6.31. The van der Waals surface area contributed by atoms with Gasteiger partial charge in [-0.15, -0.1) is 0 Å². The van der Waals surface area contributed by atoms with Gasteiger partial charge in [0.05, 0.1) is 18.0 Å². The molecule has 1 saturated carbocycles. The molecule has 4 nitrogen and oxygen atoms in total. The van der Waals surface area contributed by atoms with E-state index in [1.165, 1.54) is 12.8 Å². The molecule has 0 unspecified atom stereocenters. The van der Waals surface area contributed by atoms with Crippen LogP contribution < -0.4 is 11.1 Å². The largest absolute Gasteiger partial charge is 0.397 e. The summed E-state index contributed by atoms with van der Waals surface area (Å²) in [5, 5.41) is 3.23. The summed E-state index contributed by atoms with van der Waals surface area (Å²) in [5.41, 5.74) is 6.73. The number of hydrogen-bond acceptors (Lipinski definition) is 3. The van der Waals surface area contributed by atoms with Gasteiger partial charge in [0.15, 0.2) is 0 Å². The van der Waals surface area contributed by atoms with E-state index in [1.807, 2.05) is 0 Å². The molecule has 0 heterocycles. The van der Waals surface area contributed by atoms with Gasteiger partial charge in [0.25, 0.3) is 0 Å². The van der Waals surface area contributed by atoms with Gasteiger partial charge >= 0.3 is 0 Å². The Morgan fingerprint density at radius 2 is 2.29 bits per heavy atom. The molecule has 2 rings (SSSR count). The minimum atomic E-state index is -0.195. The van der Waals surface area contributed by atoms with E-state index < -0.39 is 0 Å². The number of anilines is 2. The van der Waals surface area contributed by atoms with Crippen LogP contribution in [0.2, 0.25) is 5.02 Å². The van der Waals surface area contributed by atoms with Gasteiger partial charge in [-0.3, -0.25) is 4.79 Å². The molecule has 1 aromatic rings. The van der Waals surface area contributed by atoms with Crippen molar-refractivity contribution in [1.29, 1.82) is 0 Å². The number of halogens is 1. The first kappa shape index (κ1) is 12.2. The number of carbonyl (C=O) groups excluding carboxylic acids is 1. The molecule has 0 aliphatic heterocycles. The van der Waals surface area contributed by atoms with Crippen molar-refractivity contribution >= 4 is 28.9 Å². The molecule has 0 spiro atoms. The van der Waals surface area contributed by atoms with Crippen LogP contribution in [0.3, 0.4) is 0 Å². The first-order valence-corrected chi connectivity index (χ1v) is 5.95. The third kappa shape index (κ3) is 3.91. The van der Waals surface area contributed by atoms with E-state index in [-0.39, 0.29) is 12.5 Å². The van der Waals surface area contributed by atoms with Crippen molar-refractivity contribution in [2.75, 3.05) is 24.3 Å². The van der Waals surface area contributed by atoms with Crippen LogP contribution in [0.4, 0.5) is 11.4 Å². The fourth-order valence-electron chi connectivity index (χ4n) is 1.44. The topological polar surface area (TPSA) is 64.3 Å². The average molecular weight is 255 g/mol. The summed E-state index contributed by atoms with van der Waals surface area (Å²) in [6, 6.07) is 4.96. The highest BCUT2D eigenvalue weighted by atomic mass is 35.5. The standard InChI is InChI=1S/C12H15ClN2O2/c13-9-3-4-11(10(14)5-9)15-12(16)7-17-6-8-1-2-8/h3-5,8H,1-2,6-7,14H2,(H,15,16). The van der Waals surface area contributed by atoms with E-state index in [2.05, 4.69) is 5.32 Å². The van der Waals surface area contributed by atoms with E-state index in [0.717, 1.165) is 0 Å². The van der Waals surface area contributed by atoms with Gasteiger partial charge in [0.2, 0.25) is 5.91 Å². The van der Waals surface area contributed by atoms with Gasteiger partial charge in [-0.25, -0.2) is 0 Å². The van der Waals surface area contributed by atoms with Crippen molar-refractivity contribution in [2.45, 2.75) is 12.8 Å². The van der Waals surface area contributed by atoms with Gasteiger partial charge in [0.1, 0.15) is 6.61 Å². The zero-order valence-corrected chi connectivity index (χ0v) is 10.2. The summed E-state index contributed by atoms with van der Waals surface area (Å²) >= 11 is 5.76. The number of nitrogens with two attached hydrogens (primary N) is 1. The Morgan fingerprint density at radius 3 is 2.94 bits per heavy atom. The van der Waals surface area contributed by atoms with Gasteiger partial charge in [-0.2, -0.15) is 0 Å². The number of rotatable bonds is 5. The zero-order chi connectivity index (χ0) is 12.3. The monoisotopic (exact) mass is 254 g/mol. The second-order valence-corrected chi connectivity index (χ2v) is 4.67. The van der Waals surface area contributed by atoms with E-state index in [1.54, 1.807) is 18.2 Å². The van der Waals surface area contributed by atoms with Crippen LogP contribution in [0.1, 0.15) is 12.8 Å². The molecule has 1 aliphatic rings. The molecule has 1 fully saturated rings. The minimum absolute atomic E-state index is 0.0680. The predicted octanol–water partition coefficient (Wildman–Crippen LogP) is 2.29. The molecular formula is C12H15ClN2O2. The van der Waals surface area contributed by atoms with Crippen LogP contribution >= 0.6 is 11.6 Å². The molecule has 0 atom stereocenters. The predicted molar refractivity (Wildman–Crippen MR) is 68.0 cm³/mol. The van der Waals surface area contributed by atoms with Crippen molar-refractivity contribution in [3.63, 3.8) is 0 Å². The highest BCUT2D eigenvalue weighted by Gasteiger charge is 2.21. The Hall–Kier alpha value is -1.26. The third-order valence-corrected chi connectivity index (χ3v) is 2.81. The quantitative estimate of drug-likeness (QED) is 0.793. The van der Waals surface area contributed by atoms with E-state index in [4.69, 9.17) is 22.1 Å². The van der Waals surface area contributed by atoms with Crippen molar-refractivity contribution in [3.05, 3.63) is 23.2 Å². The lowest BCUT2D eigenvalue weighted by Crippen LogP contribution is -2.19. The molecular weight excluding hydrogens is 240 g/mol. The van der Waals surface area contributed by atoms with E-state index in [9.17, 15) is 4.79 Å². The highest BCUT2D eigenvalue weighted by Crippen LogP contribution is 2.28. The Labute approximate surface area is 105 Å². The Morgan fingerprint density at radius 1 is 1.53 bits per heavy atom. The van der Waals surface area contributed by atoms with Gasteiger partial charge in [-0.05, 0) is 37.0 Å². The summed E-state index contributed by atoms with van der Waals surface area (Å²) < 4.78 is 5.28. The van der Waals surface area contributed by atoms with Crippen molar-refractivity contribution in [2.24, 2.45) is 5.92 Å². The van der Waals surface area contributed by atoms with Gasteiger partial charge < -0.3 is 15.8 Å². The summed E-state index contributed by atoms with van der Waals surface area (Å²) in [7, 11) is 0. The maximum atomic E-state index is 11.5. The van der Waals surface area contributed by atoms with E-state index in [0.29, 0.717) is 28.9 Å². The molecule has 0 radical (unpaired) electrons. The minimum Gasteiger partial charge on any atom is -0.397 e. The van der Waals surface area contributed by atoms with Gasteiger partial charge in [-0.1, -0.05) is 11.6 Å². The summed E-state index contributed by atoms with van der Waals surface area (Å²) in [6.07, 6.45) is 2.43. The van der Waals surface area contributed by atoms with Crippen molar-refractivity contribution in [3.8, 4) is 0 Å². The molecule has 0 bridgehead atoms. The molecule has 3 N–H and O–H groups in total. The SMILES string of the molecule is Nc1cc(Cl)ccc1NC(=O)COCC1CC1. The maximum absolute atomic E-state index is 11.5. The molecule has 5 heteroatoms. The lowest BCUT2D eigenvalue weighted by atomic mass is 10.2. The lowest BCUT2D eigenvalue weighted by molar-refractivity contribution is -0.120. The molecule has 1 amide bonds. The Balaban J connectivity index is 1.79. The third-order valence-electron chi connectivity index (χ3n) is 2.57. The fraction of sp³-hybridized carbons (Fsp3) is 0.417. The van der Waals surface area contributed by atoms with Crippen LogP contribution in [-0.2, 0) is 9.53 Å². The number of amides is 1. The Bertz CT molecular complexity index is 419. The van der Waals surface area contributed by atoms with Crippen LogP contribution in [0, 0.1) is 5.92 Å². The number of ether oxygens (including phenoxy) is 1. The second kappa shape index (κ2) is 5.38. The van der Waals surface area contributed by atoms with Crippen LogP contribution in [0.5, 0.6) is 0 Å². The first-order chi connectivity index (χ1) is 8.15. The smallest absolute Gasteiger partial charge is 0.250 e. The number of nitrogen functional groups attached to an aromatic ring is 1. The lowest BCUT2D eigenvalue weighted by Gasteiger charge is -2.08. The second-order valence-electron chi connectivity index (χ2n) is 4.24. The zero-order valence-electron chi connectivity index (χ0n) is 9.41. The van der Waals surface area contributed by atoms with Crippen LogP contribution in [-0.4, -0.2) is 19.1 Å². The molecule has 0 aromatic heterocycles.